The Morgan fingerprint density at radius 2 is 1.45 bits per heavy atom. The van der Waals surface area contributed by atoms with Crippen LogP contribution in [0.1, 0.15) is 91.9 Å². The zero-order valence-electron chi connectivity index (χ0n) is 14.5. The van der Waals surface area contributed by atoms with Gasteiger partial charge in [-0.2, -0.15) is 0 Å². The molecule has 122 valence electrons. The van der Waals surface area contributed by atoms with Crippen LogP contribution in [0, 0.1) is 5.41 Å². The quantitative estimate of drug-likeness (QED) is 0.445. The molecule has 0 atom stereocenters. The lowest BCUT2D eigenvalue weighted by molar-refractivity contribution is 0.228. The first kappa shape index (κ1) is 19.9. The molecule has 0 heterocycles. The maximum atomic E-state index is 8.97. The lowest BCUT2D eigenvalue weighted by atomic mass is 9.87. The molecule has 2 N–H and O–H groups in total. The van der Waals surface area contributed by atoms with Crippen LogP contribution in [0.2, 0.25) is 0 Å². The fraction of sp³-hybridized carbons (Fsp3) is 1.00. The third-order valence-corrected chi connectivity index (χ3v) is 4.19. The van der Waals surface area contributed by atoms with Crippen molar-refractivity contribution in [3.63, 3.8) is 0 Å². The van der Waals surface area contributed by atoms with Gasteiger partial charge in [0.15, 0.2) is 0 Å². The SMILES string of the molecule is CCCCCC(CCCCC)NCC(C)(C)CCCO. The molecule has 0 aromatic rings. The van der Waals surface area contributed by atoms with Gasteiger partial charge in [0.25, 0.3) is 0 Å². The van der Waals surface area contributed by atoms with Crippen molar-refractivity contribution in [1.82, 2.24) is 5.32 Å². The first-order valence-electron chi connectivity index (χ1n) is 8.90. The normalized spacial score (nSPS) is 12.3. The summed E-state index contributed by atoms with van der Waals surface area (Å²) >= 11 is 0. The molecular formula is C18H39NO. The maximum Gasteiger partial charge on any atom is 0.0431 e. The van der Waals surface area contributed by atoms with Gasteiger partial charge in [0.05, 0.1) is 0 Å². The summed E-state index contributed by atoms with van der Waals surface area (Å²) < 4.78 is 0. The molecule has 0 spiro atoms. The fourth-order valence-corrected chi connectivity index (χ4v) is 2.70. The van der Waals surface area contributed by atoms with Crippen molar-refractivity contribution in [3.8, 4) is 0 Å². The van der Waals surface area contributed by atoms with E-state index in [0.29, 0.717) is 18.1 Å². The molecule has 0 saturated carbocycles. The van der Waals surface area contributed by atoms with Gasteiger partial charge in [-0.25, -0.2) is 0 Å². The molecule has 20 heavy (non-hydrogen) atoms. The summed E-state index contributed by atoms with van der Waals surface area (Å²) in [5.74, 6) is 0. The lowest BCUT2D eigenvalue weighted by Crippen LogP contribution is -2.37. The summed E-state index contributed by atoms with van der Waals surface area (Å²) in [5, 5.41) is 12.8. The second-order valence-electron chi connectivity index (χ2n) is 7.06. The Bertz CT molecular complexity index is 194. The van der Waals surface area contributed by atoms with Crippen molar-refractivity contribution in [2.75, 3.05) is 13.2 Å². The highest BCUT2D eigenvalue weighted by atomic mass is 16.2. The smallest absolute Gasteiger partial charge is 0.0431 e. The molecule has 0 bridgehead atoms. The van der Waals surface area contributed by atoms with Crippen LogP contribution in [-0.4, -0.2) is 24.3 Å². The molecule has 0 aliphatic carbocycles. The molecule has 2 nitrogen and oxygen atoms in total. The third kappa shape index (κ3) is 11.7. The molecule has 2 heteroatoms. The van der Waals surface area contributed by atoms with Gasteiger partial charge >= 0.3 is 0 Å². The van der Waals surface area contributed by atoms with Gasteiger partial charge in [-0.05, 0) is 31.1 Å². The van der Waals surface area contributed by atoms with Crippen LogP contribution >= 0.6 is 0 Å². The fourth-order valence-electron chi connectivity index (χ4n) is 2.70. The number of nitrogens with one attached hydrogen (secondary N) is 1. The summed E-state index contributed by atoms with van der Waals surface area (Å²) in [5.41, 5.74) is 0.302. The first-order chi connectivity index (χ1) is 9.55. The minimum absolute atomic E-state index is 0.302. The highest BCUT2D eigenvalue weighted by Crippen LogP contribution is 2.22. The Morgan fingerprint density at radius 3 is 1.90 bits per heavy atom. The van der Waals surface area contributed by atoms with Crippen molar-refractivity contribution in [3.05, 3.63) is 0 Å². The number of hydrogen-bond donors (Lipinski definition) is 2. The molecule has 0 fully saturated rings. The minimum Gasteiger partial charge on any atom is -0.396 e. The van der Waals surface area contributed by atoms with E-state index in [-0.39, 0.29) is 0 Å². The molecule has 0 rings (SSSR count). The van der Waals surface area contributed by atoms with E-state index in [2.05, 4.69) is 33.0 Å². The second-order valence-corrected chi connectivity index (χ2v) is 7.06. The number of hydrogen-bond acceptors (Lipinski definition) is 2. The van der Waals surface area contributed by atoms with Crippen LogP contribution in [0.4, 0.5) is 0 Å². The minimum atomic E-state index is 0.302. The van der Waals surface area contributed by atoms with E-state index in [0.717, 1.165) is 19.4 Å². The second kappa shape index (κ2) is 12.6. The van der Waals surface area contributed by atoms with E-state index < -0.39 is 0 Å². The third-order valence-electron chi connectivity index (χ3n) is 4.19. The van der Waals surface area contributed by atoms with E-state index in [4.69, 9.17) is 5.11 Å². The molecule has 0 radical (unpaired) electrons. The molecule has 0 aliphatic rings. The molecule has 0 saturated heterocycles. The van der Waals surface area contributed by atoms with E-state index >= 15 is 0 Å². The van der Waals surface area contributed by atoms with Crippen LogP contribution in [0.25, 0.3) is 0 Å². The van der Waals surface area contributed by atoms with E-state index in [9.17, 15) is 0 Å². The van der Waals surface area contributed by atoms with Crippen LogP contribution < -0.4 is 5.32 Å². The summed E-state index contributed by atoms with van der Waals surface area (Å²) in [7, 11) is 0. The highest BCUT2D eigenvalue weighted by Gasteiger charge is 2.19. The van der Waals surface area contributed by atoms with E-state index in [1.165, 1.54) is 51.4 Å². The van der Waals surface area contributed by atoms with Gasteiger partial charge in [0, 0.05) is 19.2 Å². The summed E-state index contributed by atoms with van der Waals surface area (Å²) in [4.78, 5) is 0. The number of rotatable bonds is 14. The largest absolute Gasteiger partial charge is 0.396 e. The predicted molar refractivity (Wildman–Crippen MR) is 90.2 cm³/mol. The Labute approximate surface area is 127 Å². The Morgan fingerprint density at radius 1 is 0.900 bits per heavy atom. The Balaban J connectivity index is 4.04. The van der Waals surface area contributed by atoms with Gasteiger partial charge in [-0.1, -0.05) is 66.2 Å². The summed E-state index contributed by atoms with van der Waals surface area (Å²) in [6, 6.07) is 0.696. The molecule has 0 amide bonds. The van der Waals surface area contributed by atoms with Crippen molar-refractivity contribution >= 4 is 0 Å². The van der Waals surface area contributed by atoms with Gasteiger partial charge in [-0.15, -0.1) is 0 Å². The average Bonchev–Trinajstić information content (AvgIpc) is 2.42. The number of unbranched alkanes of at least 4 members (excludes halogenated alkanes) is 4. The van der Waals surface area contributed by atoms with E-state index in [1.54, 1.807) is 0 Å². The maximum absolute atomic E-state index is 8.97. The highest BCUT2D eigenvalue weighted by molar-refractivity contribution is 4.76. The van der Waals surface area contributed by atoms with Crippen molar-refractivity contribution in [2.45, 2.75) is 97.9 Å². The Hall–Kier alpha value is -0.0800. The Kier molecular flexibility index (Phi) is 12.6. The molecule has 0 aromatic heterocycles. The van der Waals surface area contributed by atoms with Gasteiger partial charge in [0.1, 0.15) is 0 Å². The average molecular weight is 286 g/mol. The number of aliphatic hydroxyl groups excluding tert-OH is 1. The standard InChI is InChI=1S/C18H39NO/c1-5-7-9-12-17(13-10-8-6-2)19-16-18(3,4)14-11-15-20/h17,19-20H,5-16H2,1-4H3. The van der Waals surface area contributed by atoms with Crippen LogP contribution in [0.5, 0.6) is 0 Å². The molecule has 0 aliphatic heterocycles. The summed E-state index contributed by atoms with van der Waals surface area (Å²) in [6.07, 6.45) is 12.7. The molecular weight excluding hydrogens is 246 g/mol. The van der Waals surface area contributed by atoms with Crippen LogP contribution in [-0.2, 0) is 0 Å². The van der Waals surface area contributed by atoms with Crippen LogP contribution in [0.15, 0.2) is 0 Å². The number of aliphatic hydroxyl groups is 1. The first-order valence-corrected chi connectivity index (χ1v) is 8.90. The zero-order chi connectivity index (χ0) is 15.3. The monoisotopic (exact) mass is 285 g/mol. The van der Waals surface area contributed by atoms with Gasteiger partial charge in [-0.3, -0.25) is 0 Å². The zero-order valence-corrected chi connectivity index (χ0v) is 14.5. The summed E-state index contributed by atoms with van der Waals surface area (Å²) in [6.45, 7) is 10.6. The molecule has 0 unspecified atom stereocenters. The lowest BCUT2D eigenvalue weighted by Gasteiger charge is -2.28. The van der Waals surface area contributed by atoms with Crippen molar-refractivity contribution in [2.24, 2.45) is 5.41 Å². The van der Waals surface area contributed by atoms with Crippen LogP contribution in [0.3, 0.4) is 0 Å². The predicted octanol–water partition coefficient (Wildman–Crippen LogP) is 4.90. The van der Waals surface area contributed by atoms with Gasteiger partial charge in [0.2, 0.25) is 0 Å². The van der Waals surface area contributed by atoms with Gasteiger partial charge < -0.3 is 10.4 Å². The van der Waals surface area contributed by atoms with Crippen molar-refractivity contribution in [1.29, 1.82) is 0 Å². The molecule has 0 aromatic carbocycles. The topological polar surface area (TPSA) is 32.3 Å². The van der Waals surface area contributed by atoms with E-state index in [1.807, 2.05) is 0 Å². The van der Waals surface area contributed by atoms with Crippen molar-refractivity contribution < 1.29 is 5.11 Å².